The molecule has 0 radical (unpaired) electrons. The maximum Gasteiger partial charge on any atom is 0.410 e. The highest BCUT2D eigenvalue weighted by molar-refractivity contribution is 5.94. The molecule has 2 aromatic rings. The Bertz CT molecular complexity index is 945. The van der Waals surface area contributed by atoms with Gasteiger partial charge in [0, 0.05) is 18.2 Å². The lowest BCUT2D eigenvalue weighted by Crippen LogP contribution is -2.50. The largest absolute Gasteiger partial charge is 0.461 e. The van der Waals surface area contributed by atoms with Crippen molar-refractivity contribution in [3.63, 3.8) is 0 Å². The number of carbonyl (C=O) groups is 2. The van der Waals surface area contributed by atoms with Crippen molar-refractivity contribution >= 4 is 17.9 Å². The van der Waals surface area contributed by atoms with E-state index in [1.807, 2.05) is 63.2 Å². The van der Waals surface area contributed by atoms with E-state index in [2.05, 4.69) is 0 Å². The lowest BCUT2D eigenvalue weighted by Gasteiger charge is -2.42. The number of nitrogens with one attached hydrogen (secondary N) is 1. The normalized spacial score (nSPS) is 17.7. The first kappa shape index (κ1) is 23.3. The summed E-state index contributed by atoms with van der Waals surface area (Å²) in [5.74, 6) is -0.467. The Morgan fingerprint density at radius 2 is 1.66 bits per heavy atom. The first-order chi connectivity index (χ1) is 15.1. The number of hydrogen-bond acceptors (Lipinski definition) is 5. The summed E-state index contributed by atoms with van der Waals surface area (Å²) in [6.07, 6.45) is 0.672. The van der Waals surface area contributed by atoms with Gasteiger partial charge in [0.2, 0.25) is 0 Å². The number of carbonyl (C=O) groups excluding carboxylic acids is 2. The first-order valence-electron chi connectivity index (χ1n) is 10.8. The van der Waals surface area contributed by atoms with E-state index >= 15 is 0 Å². The average Bonchev–Trinajstić information content (AvgIpc) is 2.70. The smallest absolute Gasteiger partial charge is 0.410 e. The molecule has 1 fully saturated rings. The Balaban J connectivity index is 1.62. The van der Waals surface area contributed by atoms with Crippen LogP contribution in [0.4, 0.5) is 4.79 Å². The van der Waals surface area contributed by atoms with E-state index in [9.17, 15) is 9.59 Å². The summed E-state index contributed by atoms with van der Waals surface area (Å²) in [5, 5.41) is 7.52. The molecule has 0 aliphatic heterocycles. The summed E-state index contributed by atoms with van der Waals surface area (Å²) in [5.41, 5.74) is 7.37. The molecule has 0 unspecified atom stereocenters. The fourth-order valence-electron chi connectivity index (χ4n) is 3.53. The predicted octanol–water partition coefficient (Wildman–Crippen LogP) is 4.23. The zero-order valence-electron chi connectivity index (χ0n) is 18.8. The third kappa shape index (κ3) is 6.33. The van der Waals surface area contributed by atoms with Crippen LogP contribution in [0.5, 0.6) is 0 Å². The van der Waals surface area contributed by atoms with E-state index < -0.39 is 11.7 Å². The van der Waals surface area contributed by atoms with E-state index in [-0.39, 0.29) is 30.4 Å². The summed E-state index contributed by atoms with van der Waals surface area (Å²) in [6, 6.07) is 16.7. The molecule has 7 nitrogen and oxygen atoms in total. The molecule has 0 heterocycles. The van der Waals surface area contributed by atoms with Crippen LogP contribution in [-0.2, 0) is 27.4 Å². The molecule has 170 valence electrons. The zero-order valence-corrected chi connectivity index (χ0v) is 18.8. The number of amides is 1. The molecule has 3 N–H and O–H groups in total. The molecule has 0 spiro atoms. The Labute approximate surface area is 189 Å². The number of rotatable bonds is 7. The number of ether oxygens (including phenoxy) is 2. The van der Waals surface area contributed by atoms with E-state index in [1.165, 1.54) is 0 Å². The van der Waals surface area contributed by atoms with Crippen LogP contribution in [0, 0.1) is 11.3 Å². The van der Waals surface area contributed by atoms with Gasteiger partial charge in [-0.15, -0.1) is 0 Å². The molecule has 0 atom stereocenters. The number of nitrogens with two attached hydrogens (primary N) is 1. The predicted molar refractivity (Wildman–Crippen MR) is 122 cm³/mol. The van der Waals surface area contributed by atoms with Crippen molar-refractivity contribution in [2.45, 2.75) is 58.4 Å². The second-order valence-corrected chi connectivity index (χ2v) is 9.13. The summed E-state index contributed by atoms with van der Waals surface area (Å²) < 4.78 is 11.1. The maximum absolute atomic E-state index is 12.9. The van der Waals surface area contributed by atoms with Gasteiger partial charge < -0.3 is 20.1 Å². The molecule has 1 aliphatic rings. The van der Waals surface area contributed by atoms with Gasteiger partial charge in [0.25, 0.3) is 0 Å². The third-order valence-corrected chi connectivity index (χ3v) is 5.36. The van der Waals surface area contributed by atoms with Crippen molar-refractivity contribution in [2.24, 2.45) is 11.7 Å². The van der Waals surface area contributed by atoms with Gasteiger partial charge in [-0.05, 0) is 44.7 Å². The summed E-state index contributed by atoms with van der Waals surface area (Å²) in [4.78, 5) is 27.0. The van der Waals surface area contributed by atoms with Crippen molar-refractivity contribution in [1.82, 2.24) is 4.90 Å². The van der Waals surface area contributed by atoms with Crippen LogP contribution in [0.2, 0.25) is 0 Å². The highest BCUT2D eigenvalue weighted by Gasteiger charge is 2.42. The summed E-state index contributed by atoms with van der Waals surface area (Å²) in [7, 11) is 0. The van der Waals surface area contributed by atoms with Crippen LogP contribution >= 0.6 is 0 Å². The molecule has 0 bridgehead atoms. The Morgan fingerprint density at radius 3 is 2.22 bits per heavy atom. The van der Waals surface area contributed by atoms with Gasteiger partial charge >= 0.3 is 12.1 Å². The second kappa shape index (κ2) is 9.85. The minimum absolute atomic E-state index is 0.00333. The molecule has 0 aromatic heterocycles. The van der Waals surface area contributed by atoms with Crippen LogP contribution in [0.15, 0.2) is 54.6 Å². The summed E-state index contributed by atoms with van der Waals surface area (Å²) in [6.45, 7) is 6.09. The topological polar surface area (TPSA) is 106 Å². The lowest BCUT2D eigenvalue weighted by atomic mass is 9.79. The molecule has 7 heteroatoms. The van der Waals surface area contributed by atoms with E-state index in [0.29, 0.717) is 24.9 Å². The molecule has 1 saturated carbocycles. The lowest BCUT2D eigenvalue weighted by molar-refractivity contribution is -0.155. The minimum atomic E-state index is -0.619. The highest BCUT2D eigenvalue weighted by atomic mass is 16.6. The van der Waals surface area contributed by atoms with Crippen molar-refractivity contribution in [2.75, 3.05) is 0 Å². The quantitative estimate of drug-likeness (QED) is 0.383. The number of hydrogen-bond donors (Lipinski definition) is 2. The molecule has 32 heavy (non-hydrogen) atoms. The average molecular weight is 438 g/mol. The monoisotopic (exact) mass is 437 g/mol. The molecule has 2 aromatic carbocycles. The van der Waals surface area contributed by atoms with E-state index in [1.54, 1.807) is 17.0 Å². The van der Waals surface area contributed by atoms with Gasteiger partial charge in [0.1, 0.15) is 18.0 Å². The van der Waals surface area contributed by atoms with Gasteiger partial charge in [-0.2, -0.15) is 0 Å². The minimum Gasteiger partial charge on any atom is -0.461 e. The standard InChI is InChI=1S/C25H31N3O4/c1-25(2,3)32-24(30)28(15-17-9-11-19(12-10-17)22(26)27)21-13-20(14-21)23(29)31-16-18-7-5-4-6-8-18/h4-12,20-21H,13-16H2,1-3H3,(H3,26,27)/t20-,21-. The third-order valence-electron chi connectivity index (χ3n) is 5.36. The first-order valence-corrected chi connectivity index (χ1v) is 10.8. The number of nitrogen functional groups attached to an aromatic ring is 1. The number of nitrogens with zero attached hydrogens (tertiary/aromatic N) is 1. The van der Waals surface area contributed by atoms with Crippen LogP contribution in [0.3, 0.4) is 0 Å². The fourth-order valence-corrected chi connectivity index (χ4v) is 3.53. The molecule has 3 rings (SSSR count). The second-order valence-electron chi connectivity index (χ2n) is 9.13. The van der Waals surface area contributed by atoms with E-state index in [0.717, 1.165) is 11.1 Å². The maximum atomic E-state index is 12.9. The number of esters is 1. The molecular formula is C25H31N3O4. The summed E-state index contributed by atoms with van der Waals surface area (Å²) >= 11 is 0. The van der Waals surface area contributed by atoms with Crippen molar-refractivity contribution in [1.29, 1.82) is 5.41 Å². The number of amidine groups is 1. The van der Waals surface area contributed by atoms with Crippen LogP contribution in [0.1, 0.15) is 50.3 Å². The van der Waals surface area contributed by atoms with Gasteiger partial charge in [-0.3, -0.25) is 10.2 Å². The van der Waals surface area contributed by atoms with Crippen LogP contribution < -0.4 is 5.73 Å². The fraction of sp³-hybridized carbons (Fsp3) is 0.400. The SMILES string of the molecule is CC(C)(C)OC(=O)N(Cc1ccc(C(=N)N)cc1)[C@H]1C[C@H](C(=O)OCc2ccccc2)C1. The molecule has 0 saturated heterocycles. The van der Waals surface area contributed by atoms with Crippen molar-refractivity contribution < 1.29 is 19.1 Å². The Kier molecular flexibility index (Phi) is 7.18. The van der Waals surface area contributed by atoms with Gasteiger partial charge in [0.15, 0.2) is 0 Å². The Morgan fingerprint density at radius 1 is 1.03 bits per heavy atom. The highest BCUT2D eigenvalue weighted by Crippen LogP contribution is 2.35. The van der Waals surface area contributed by atoms with Crippen molar-refractivity contribution in [3.8, 4) is 0 Å². The number of benzene rings is 2. The molecular weight excluding hydrogens is 406 g/mol. The van der Waals surface area contributed by atoms with Crippen molar-refractivity contribution in [3.05, 3.63) is 71.3 Å². The molecule has 1 aliphatic carbocycles. The van der Waals surface area contributed by atoms with E-state index in [4.69, 9.17) is 20.6 Å². The molecule has 1 amide bonds. The van der Waals surface area contributed by atoms with Gasteiger partial charge in [0.05, 0.1) is 5.92 Å². The Hall–Kier alpha value is -3.35. The van der Waals surface area contributed by atoms with Gasteiger partial charge in [-0.25, -0.2) is 4.79 Å². The van der Waals surface area contributed by atoms with Gasteiger partial charge in [-0.1, -0.05) is 54.6 Å². The zero-order chi connectivity index (χ0) is 23.3. The van der Waals surface area contributed by atoms with Crippen LogP contribution in [-0.4, -0.2) is 34.4 Å². The van der Waals surface area contributed by atoms with Crippen LogP contribution in [0.25, 0.3) is 0 Å².